The van der Waals surface area contributed by atoms with Crippen LogP contribution in [0, 0.1) is 0 Å². The lowest BCUT2D eigenvalue weighted by molar-refractivity contribution is -0.111. The number of hydrogen-bond donors (Lipinski definition) is 1. The summed E-state index contributed by atoms with van der Waals surface area (Å²) in [4.78, 5) is 12.3. The molecule has 4 rings (SSSR count). The summed E-state index contributed by atoms with van der Waals surface area (Å²) in [6, 6.07) is 11.6. The second-order valence-electron chi connectivity index (χ2n) is 6.11. The zero-order chi connectivity index (χ0) is 18.6. The van der Waals surface area contributed by atoms with Gasteiger partial charge in [-0.15, -0.1) is 23.5 Å². The molecule has 0 saturated carbocycles. The Kier molecular flexibility index (Phi) is 5.86. The molecule has 2 aromatic rings. The fourth-order valence-corrected chi connectivity index (χ4v) is 6.03. The first-order valence-electron chi connectivity index (χ1n) is 8.60. The molecule has 0 atom stereocenters. The molecular weight excluding hydrogens is 402 g/mol. The van der Waals surface area contributed by atoms with Gasteiger partial charge in [-0.25, -0.2) is 0 Å². The van der Waals surface area contributed by atoms with Gasteiger partial charge in [-0.3, -0.25) is 4.79 Å². The molecule has 7 heteroatoms. The van der Waals surface area contributed by atoms with Gasteiger partial charge in [-0.2, -0.15) is 0 Å². The van der Waals surface area contributed by atoms with Crippen LogP contribution in [-0.4, -0.2) is 24.2 Å². The summed E-state index contributed by atoms with van der Waals surface area (Å²) in [5.74, 6) is 3.33. The summed E-state index contributed by atoms with van der Waals surface area (Å²) in [5.41, 5.74) is 2.83. The van der Waals surface area contributed by atoms with E-state index in [1.54, 1.807) is 18.2 Å². The molecular formula is C20H18ClNO3S2. The van der Waals surface area contributed by atoms with Crippen LogP contribution < -0.4 is 14.8 Å². The third-order valence-corrected chi connectivity index (χ3v) is 7.43. The van der Waals surface area contributed by atoms with E-state index < -0.39 is 0 Å². The van der Waals surface area contributed by atoms with E-state index >= 15 is 0 Å². The van der Waals surface area contributed by atoms with Gasteiger partial charge in [-0.05, 0) is 59.4 Å². The molecule has 0 bridgehead atoms. The van der Waals surface area contributed by atoms with Crippen LogP contribution in [0.3, 0.4) is 0 Å². The van der Waals surface area contributed by atoms with Crippen molar-refractivity contribution in [3.05, 3.63) is 58.6 Å². The van der Waals surface area contributed by atoms with Gasteiger partial charge in [0, 0.05) is 11.8 Å². The second kappa shape index (κ2) is 8.50. The highest BCUT2D eigenvalue weighted by Crippen LogP contribution is 2.44. The van der Waals surface area contributed by atoms with E-state index in [-0.39, 0.29) is 12.7 Å². The first-order valence-corrected chi connectivity index (χ1v) is 11.1. The van der Waals surface area contributed by atoms with Crippen LogP contribution in [0.25, 0.3) is 6.08 Å². The molecule has 2 aromatic carbocycles. The Hall–Kier alpha value is -1.76. The molecule has 1 amide bonds. The highest BCUT2D eigenvalue weighted by molar-refractivity contribution is 8.16. The number of amides is 1. The fourth-order valence-electron chi connectivity index (χ4n) is 2.88. The molecule has 4 nitrogen and oxygen atoms in total. The number of benzene rings is 2. The minimum atomic E-state index is -0.190. The quantitative estimate of drug-likeness (QED) is 0.654. The van der Waals surface area contributed by atoms with E-state index in [1.807, 2.05) is 35.7 Å². The Labute approximate surface area is 171 Å². The van der Waals surface area contributed by atoms with Crippen molar-refractivity contribution in [2.75, 3.05) is 23.6 Å². The van der Waals surface area contributed by atoms with Crippen molar-refractivity contribution in [2.24, 2.45) is 0 Å². The van der Waals surface area contributed by atoms with Crippen LogP contribution in [0.5, 0.6) is 11.5 Å². The average molecular weight is 420 g/mol. The van der Waals surface area contributed by atoms with Gasteiger partial charge in [0.15, 0.2) is 11.5 Å². The fraction of sp³-hybridized carbons (Fsp3) is 0.250. The van der Waals surface area contributed by atoms with Crippen molar-refractivity contribution < 1.29 is 14.3 Å². The van der Waals surface area contributed by atoms with Crippen LogP contribution in [0.1, 0.15) is 22.1 Å². The van der Waals surface area contributed by atoms with Crippen LogP contribution in [0.4, 0.5) is 5.69 Å². The van der Waals surface area contributed by atoms with E-state index in [9.17, 15) is 4.79 Å². The van der Waals surface area contributed by atoms with E-state index in [1.165, 1.54) is 29.6 Å². The molecule has 0 aromatic heterocycles. The number of nitrogens with one attached hydrogen (secondary N) is 1. The van der Waals surface area contributed by atoms with E-state index in [2.05, 4.69) is 17.4 Å². The number of hydrogen-bond acceptors (Lipinski definition) is 5. The lowest BCUT2D eigenvalue weighted by Crippen LogP contribution is -2.08. The third kappa shape index (κ3) is 4.57. The Balaban J connectivity index is 1.42. The number of ether oxygens (including phenoxy) is 2. The van der Waals surface area contributed by atoms with Crippen LogP contribution in [0.15, 0.2) is 42.5 Å². The standard InChI is InChI=1S/C20H18ClNO3S2/c21-16-9-13(10-17-19(16)25-12-24-17)5-6-18(23)22-15-4-1-3-14(11-15)20-26-7-2-8-27-20/h1,3-6,9-11,20H,2,7-8,12H2,(H,22,23)/b6-5+. The number of carbonyl (C=O) groups is 1. The maximum atomic E-state index is 12.3. The van der Waals surface area contributed by atoms with Crippen molar-refractivity contribution in [3.63, 3.8) is 0 Å². The van der Waals surface area contributed by atoms with E-state index in [0.717, 1.165) is 11.3 Å². The molecule has 27 heavy (non-hydrogen) atoms. The lowest BCUT2D eigenvalue weighted by Gasteiger charge is -2.21. The highest BCUT2D eigenvalue weighted by atomic mass is 35.5. The maximum Gasteiger partial charge on any atom is 0.248 e. The van der Waals surface area contributed by atoms with Gasteiger partial charge in [0.25, 0.3) is 0 Å². The molecule has 0 spiro atoms. The summed E-state index contributed by atoms with van der Waals surface area (Å²) in [7, 11) is 0. The summed E-state index contributed by atoms with van der Waals surface area (Å²) in [6.45, 7) is 0.163. The van der Waals surface area contributed by atoms with Gasteiger partial charge in [0.2, 0.25) is 12.7 Å². The molecule has 0 unspecified atom stereocenters. The van der Waals surface area contributed by atoms with Gasteiger partial charge in [0.1, 0.15) is 0 Å². The Morgan fingerprint density at radius 1 is 1.19 bits per heavy atom. The molecule has 2 heterocycles. The first-order chi connectivity index (χ1) is 13.2. The topological polar surface area (TPSA) is 47.6 Å². The van der Waals surface area contributed by atoms with Crippen molar-refractivity contribution in [3.8, 4) is 11.5 Å². The van der Waals surface area contributed by atoms with Crippen molar-refractivity contribution in [1.29, 1.82) is 0 Å². The van der Waals surface area contributed by atoms with Gasteiger partial charge in [0.05, 0.1) is 9.60 Å². The third-order valence-electron chi connectivity index (χ3n) is 4.13. The number of carbonyl (C=O) groups excluding carboxylic acids is 1. The smallest absolute Gasteiger partial charge is 0.248 e. The number of halogens is 1. The average Bonchev–Trinajstić information content (AvgIpc) is 3.17. The molecule has 0 radical (unpaired) electrons. The predicted octanol–water partition coefficient (Wildman–Crippen LogP) is 5.59. The molecule has 1 N–H and O–H groups in total. The maximum absolute atomic E-state index is 12.3. The van der Waals surface area contributed by atoms with E-state index in [4.69, 9.17) is 21.1 Å². The Bertz CT molecular complexity index is 882. The molecule has 0 aliphatic carbocycles. The second-order valence-corrected chi connectivity index (χ2v) is 9.24. The highest BCUT2D eigenvalue weighted by Gasteiger charge is 2.18. The zero-order valence-corrected chi connectivity index (χ0v) is 16.8. The van der Waals surface area contributed by atoms with E-state index in [0.29, 0.717) is 21.1 Å². The number of rotatable bonds is 4. The molecule has 2 aliphatic heterocycles. The summed E-state index contributed by atoms with van der Waals surface area (Å²) >= 11 is 10.1. The molecule has 2 aliphatic rings. The van der Waals surface area contributed by atoms with Crippen molar-refractivity contribution >= 4 is 52.8 Å². The Morgan fingerprint density at radius 3 is 2.89 bits per heavy atom. The van der Waals surface area contributed by atoms with Crippen molar-refractivity contribution in [1.82, 2.24) is 0 Å². The van der Waals surface area contributed by atoms with Crippen LogP contribution in [0.2, 0.25) is 5.02 Å². The predicted molar refractivity (Wildman–Crippen MR) is 114 cm³/mol. The molecule has 1 saturated heterocycles. The minimum Gasteiger partial charge on any atom is -0.454 e. The minimum absolute atomic E-state index is 0.163. The van der Waals surface area contributed by atoms with Crippen LogP contribution in [-0.2, 0) is 4.79 Å². The van der Waals surface area contributed by atoms with Gasteiger partial charge < -0.3 is 14.8 Å². The van der Waals surface area contributed by atoms with Gasteiger partial charge in [-0.1, -0.05) is 23.7 Å². The summed E-state index contributed by atoms with van der Waals surface area (Å²) in [6.07, 6.45) is 4.46. The summed E-state index contributed by atoms with van der Waals surface area (Å²) in [5, 5.41) is 3.40. The Morgan fingerprint density at radius 2 is 2.04 bits per heavy atom. The largest absolute Gasteiger partial charge is 0.454 e. The molecule has 1 fully saturated rings. The van der Waals surface area contributed by atoms with Crippen molar-refractivity contribution in [2.45, 2.75) is 11.0 Å². The lowest BCUT2D eigenvalue weighted by atomic mass is 10.2. The van der Waals surface area contributed by atoms with Gasteiger partial charge >= 0.3 is 0 Å². The summed E-state index contributed by atoms with van der Waals surface area (Å²) < 4.78 is 11.1. The SMILES string of the molecule is O=C(/C=C/c1cc(Cl)c2c(c1)OCO2)Nc1cccc(C2SCCCS2)c1. The first kappa shape index (κ1) is 18.6. The zero-order valence-electron chi connectivity index (χ0n) is 14.4. The van der Waals surface area contributed by atoms with Crippen LogP contribution >= 0.6 is 35.1 Å². The number of anilines is 1. The monoisotopic (exact) mass is 419 g/mol. The number of thioether (sulfide) groups is 2. The number of fused-ring (bicyclic) bond motifs is 1. The molecule has 140 valence electrons. The normalized spacial score (nSPS) is 16.6.